The molecule has 0 bridgehead atoms. The number of anilines is 1. The number of hydrogen-bond acceptors (Lipinski definition) is 6. The maximum Gasteiger partial charge on any atom is 0.312 e. The molecule has 2 aromatic carbocycles. The van der Waals surface area contributed by atoms with E-state index in [1.165, 1.54) is 11.8 Å². The van der Waals surface area contributed by atoms with Crippen LogP contribution in [0.2, 0.25) is 0 Å². The summed E-state index contributed by atoms with van der Waals surface area (Å²) in [4.78, 5) is 16.1. The first-order valence-corrected chi connectivity index (χ1v) is 8.83. The van der Waals surface area contributed by atoms with E-state index in [1.54, 1.807) is 6.92 Å². The number of hydrogen-bond donors (Lipinski definition) is 2. The van der Waals surface area contributed by atoms with Crippen molar-refractivity contribution in [2.45, 2.75) is 18.5 Å². The smallest absolute Gasteiger partial charge is 0.312 e. The highest BCUT2D eigenvalue weighted by atomic mass is 32.2. The van der Waals surface area contributed by atoms with Crippen LogP contribution in [0.5, 0.6) is 0 Å². The first-order chi connectivity index (χ1) is 12.1. The van der Waals surface area contributed by atoms with Gasteiger partial charge in [0.15, 0.2) is 0 Å². The quantitative estimate of drug-likeness (QED) is 0.813. The second kappa shape index (κ2) is 7.48. The number of amidine groups is 1. The number of aliphatic carboxylic acids is 1. The van der Waals surface area contributed by atoms with Crippen LogP contribution in [0.4, 0.5) is 5.69 Å². The van der Waals surface area contributed by atoms with Crippen LogP contribution in [0.1, 0.15) is 12.5 Å². The van der Waals surface area contributed by atoms with Crippen molar-refractivity contribution in [1.29, 1.82) is 0 Å². The highest BCUT2D eigenvalue weighted by molar-refractivity contribution is 8.13. The van der Waals surface area contributed by atoms with E-state index < -0.39 is 17.7 Å². The van der Waals surface area contributed by atoms with Crippen molar-refractivity contribution < 1.29 is 9.90 Å². The third kappa shape index (κ3) is 4.06. The second-order valence-electron chi connectivity index (χ2n) is 5.65. The summed E-state index contributed by atoms with van der Waals surface area (Å²) in [5, 5.41) is 21.4. The molecule has 1 heterocycles. The summed E-state index contributed by atoms with van der Waals surface area (Å²) in [6, 6.07) is 19.3. The van der Waals surface area contributed by atoms with E-state index in [9.17, 15) is 9.90 Å². The zero-order chi connectivity index (χ0) is 17.7. The molecule has 1 aliphatic rings. The molecule has 0 saturated carbocycles. The fourth-order valence-electron chi connectivity index (χ4n) is 2.34. The van der Waals surface area contributed by atoms with Crippen LogP contribution in [0.3, 0.4) is 0 Å². The van der Waals surface area contributed by atoms with Gasteiger partial charge in [-0.2, -0.15) is 0 Å². The van der Waals surface area contributed by atoms with E-state index in [4.69, 9.17) is 0 Å². The molecule has 0 aliphatic carbocycles. The van der Waals surface area contributed by atoms with Crippen LogP contribution < -0.4 is 5.32 Å². The first kappa shape index (κ1) is 17.2. The second-order valence-corrected chi connectivity index (χ2v) is 6.59. The average Bonchev–Trinajstić information content (AvgIpc) is 3.05. The zero-order valence-electron chi connectivity index (χ0n) is 13.7. The molecule has 0 fully saturated rings. The van der Waals surface area contributed by atoms with E-state index in [0.717, 1.165) is 11.3 Å². The lowest BCUT2D eigenvalue weighted by atomic mass is 10.0. The normalized spacial score (nSPS) is 20.1. The minimum atomic E-state index is -1.33. The minimum absolute atomic E-state index is 0.473. The van der Waals surface area contributed by atoms with Crippen LogP contribution in [0, 0.1) is 5.92 Å². The molecular weight excluding hydrogens is 336 g/mol. The van der Waals surface area contributed by atoms with Gasteiger partial charge in [-0.05, 0) is 24.6 Å². The molecule has 0 spiro atoms. The van der Waals surface area contributed by atoms with Crippen molar-refractivity contribution in [3.05, 3.63) is 66.2 Å². The molecule has 2 unspecified atom stereocenters. The minimum Gasteiger partial charge on any atom is -0.481 e. The number of carbonyl (C=O) groups is 1. The Morgan fingerprint density at radius 1 is 1.16 bits per heavy atom. The number of nitrogens with one attached hydrogen (secondary N) is 1. The van der Waals surface area contributed by atoms with E-state index >= 15 is 0 Å². The molecule has 3 rings (SSSR count). The Morgan fingerprint density at radius 2 is 1.80 bits per heavy atom. The molecule has 0 radical (unpaired) electrons. The number of nitrogens with zero attached hydrogens (tertiary/aromatic N) is 3. The van der Waals surface area contributed by atoms with E-state index in [1.807, 2.05) is 60.7 Å². The Kier molecular flexibility index (Phi) is 5.14. The zero-order valence-corrected chi connectivity index (χ0v) is 14.5. The van der Waals surface area contributed by atoms with Crippen molar-refractivity contribution >= 4 is 28.6 Å². The summed E-state index contributed by atoms with van der Waals surface area (Å²) in [5.74, 6) is -2.49. The lowest BCUT2D eigenvalue weighted by Gasteiger charge is -2.27. The molecule has 6 nitrogen and oxygen atoms in total. The number of thioether (sulfide) groups is 1. The summed E-state index contributed by atoms with van der Waals surface area (Å²) in [6.45, 7) is 1.57. The molecule has 1 aliphatic heterocycles. The van der Waals surface area contributed by atoms with Crippen LogP contribution in [0.25, 0.3) is 0 Å². The third-order valence-electron chi connectivity index (χ3n) is 3.84. The Bertz CT molecular complexity index is 795. The topological polar surface area (TPSA) is 86.4 Å². The summed E-state index contributed by atoms with van der Waals surface area (Å²) in [6.07, 6.45) is 0. The lowest BCUT2D eigenvalue weighted by molar-refractivity contribution is -0.142. The van der Waals surface area contributed by atoms with Gasteiger partial charge in [0.1, 0.15) is 5.92 Å². The molecule has 0 saturated heterocycles. The Morgan fingerprint density at radius 3 is 2.44 bits per heavy atom. The number of azo groups is 1. The standard InChI is InChI=1S/C18H18N4O2S/c1-13(16(23)24)18(19-15-10-6-3-7-11-15)20-17(21-22-18)25-12-14-8-4-2-5-9-14/h2-11,13,19H,12H2,1H3,(H,23,24). The number of rotatable bonds is 6. The fourth-order valence-corrected chi connectivity index (χ4v) is 3.13. The van der Waals surface area contributed by atoms with Gasteiger partial charge in [-0.25, -0.2) is 4.99 Å². The summed E-state index contributed by atoms with van der Waals surface area (Å²) < 4.78 is 0. The predicted octanol–water partition coefficient (Wildman–Crippen LogP) is 4.23. The van der Waals surface area contributed by atoms with E-state index in [0.29, 0.717) is 10.9 Å². The number of para-hydroxylation sites is 1. The Labute approximate surface area is 150 Å². The van der Waals surface area contributed by atoms with Gasteiger partial charge >= 0.3 is 5.97 Å². The van der Waals surface area contributed by atoms with Gasteiger partial charge in [-0.3, -0.25) is 4.79 Å². The monoisotopic (exact) mass is 354 g/mol. The maximum absolute atomic E-state index is 11.6. The number of benzene rings is 2. The van der Waals surface area contributed by atoms with Crippen LogP contribution in [-0.4, -0.2) is 22.0 Å². The molecular formula is C18H18N4O2S. The van der Waals surface area contributed by atoms with Gasteiger partial charge in [0.25, 0.3) is 5.79 Å². The summed E-state index contributed by atoms with van der Waals surface area (Å²) >= 11 is 1.44. The molecule has 2 aromatic rings. The molecule has 2 N–H and O–H groups in total. The Hall–Kier alpha value is -2.67. The summed E-state index contributed by atoms with van der Waals surface area (Å²) in [5.41, 5.74) is 1.89. The number of carboxylic acids is 1. The van der Waals surface area contributed by atoms with E-state index in [2.05, 4.69) is 20.5 Å². The molecule has 128 valence electrons. The molecule has 7 heteroatoms. The Balaban J connectivity index is 1.80. The van der Waals surface area contributed by atoms with Crippen LogP contribution in [0.15, 0.2) is 75.9 Å². The van der Waals surface area contributed by atoms with Crippen molar-refractivity contribution in [2.24, 2.45) is 21.1 Å². The van der Waals surface area contributed by atoms with Gasteiger partial charge in [-0.15, -0.1) is 10.2 Å². The van der Waals surface area contributed by atoms with Crippen molar-refractivity contribution in [1.82, 2.24) is 0 Å². The van der Waals surface area contributed by atoms with Crippen molar-refractivity contribution in [3.63, 3.8) is 0 Å². The van der Waals surface area contributed by atoms with Crippen LogP contribution >= 0.6 is 11.8 Å². The number of carboxylic acid groups (broad SMARTS) is 1. The third-order valence-corrected chi connectivity index (χ3v) is 4.75. The first-order valence-electron chi connectivity index (χ1n) is 7.84. The van der Waals surface area contributed by atoms with Gasteiger partial charge in [0.2, 0.25) is 5.17 Å². The van der Waals surface area contributed by atoms with Gasteiger partial charge in [-0.1, -0.05) is 60.3 Å². The summed E-state index contributed by atoms with van der Waals surface area (Å²) in [7, 11) is 0. The molecule has 0 aromatic heterocycles. The molecule has 2 atom stereocenters. The number of aliphatic imine (C=N–C) groups is 1. The lowest BCUT2D eigenvalue weighted by Crippen LogP contribution is -2.43. The fraction of sp³-hybridized carbons (Fsp3) is 0.222. The largest absolute Gasteiger partial charge is 0.481 e. The average molecular weight is 354 g/mol. The SMILES string of the molecule is CC(C(=O)O)C1(Nc2ccccc2)N=NC(SCc2ccccc2)=N1. The van der Waals surface area contributed by atoms with Gasteiger partial charge in [0, 0.05) is 11.4 Å². The highest BCUT2D eigenvalue weighted by Crippen LogP contribution is 2.33. The molecule has 0 amide bonds. The highest BCUT2D eigenvalue weighted by Gasteiger charge is 2.44. The van der Waals surface area contributed by atoms with Gasteiger partial charge < -0.3 is 10.4 Å². The molecule has 25 heavy (non-hydrogen) atoms. The maximum atomic E-state index is 11.6. The predicted molar refractivity (Wildman–Crippen MR) is 99.6 cm³/mol. The van der Waals surface area contributed by atoms with Crippen molar-refractivity contribution in [3.8, 4) is 0 Å². The van der Waals surface area contributed by atoms with Gasteiger partial charge in [0.05, 0.1) is 0 Å². The van der Waals surface area contributed by atoms with Crippen molar-refractivity contribution in [2.75, 3.05) is 5.32 Å². The van der Waals surface area contributed by atoms with E-state index in [-0.39, 0.29) is 0 Å². The van der Waals surface area contributed by atoms with Crippen LogP contribution in [-0.2, 0) is 10.5 Å².